The van der Waals surface area contributed by atoms with Crippen molar-refractivity contribution in [3.8, 4) is 0 Å². The third kappa shape index (κ3) is 5.41. The van der Waals surface area contributed by atoms with E-state index in [4.69, 9.17) is 10.5 Å². The van der Waals surface area contributed by atoms with Crippen LogP contribution in [0.3, 0.4) is 0 Å². The quantitative estimate of drug-likeness (QED) is 0.772. The summed E-state index contributed by atoms with van der Waals surface area (Å²) in [6.45, 7) is 12.4. The standard InChI is InChI=1S/C16H34N2O/c1-5-11-18(12-13-19-15(2,3)4)16(14-17)9-7-6-8-10-16/h5-14,17H2,1-4H3. The number of nitrogens with two attached hydrogens (primary N) is 1. The Balaban J connectivity index is 2.58. The molecule has 0 heterocycles. The van der Waals surface area contributed by atoms with Crippen molar-refractivity contribution in [2.45, 2.75) is 77.4 Å². The molecule has 0 saturated heterocycles. The Morgan fingerprint density at radius 2 is 1.74 bits per heavy atom. The van der Waals surface area contributed by atoms with Gasteiger partial charge in [0.1, 0.15) is 0 Å². The summed E-state index contributed by atoms with van der Waals surface area (Å²) in [5, 5.41) is 0. The molecule has 1 saturated carbocycles. The first-order valence-electron chi connectivity index (χ1n) is 8.02. The molecule has 0 atom stereocenters. The minimum atomic E-state index is -0.0413. The van der Waals surface area contributed by atoms with E-state index in [0.717, 1.165) is 26.2 Å². The largest absolute Gasteiger partial charge is 0.375 e. The van der Waals surface area contributed by atoms with Gasteiger partial charge in [0.15, 0.2) is 0 Å². The minimum Gasteiger partial charge on any atom is -0.375 e. The van der Waals surface area contributed by atoms with Gasteiger partial charge in [0.2, 0.25) is 0 Å². The number of ether oxygens (including phenoxy) is 1. The van der Waals surface area contributed by atoms with Crippen molar-refractivity contribution >= 4 is 0 Å². The first-order chi connectivity index (χ1) is 8.93. The molecule has 1 aliphatic carbocycles. The monoisotopic (exact) mass is 270 g/mol. The van der Waals surface area contributed by atoms with Gasteiger partial charge < -0.3 is 10.5 Å². The van der Waals surface area contributed by atoms with Crippen LogP contribution in [0.1, 0.15) is 66.2 Å². The molecule has 19 heavy (non-hydrogen) atoms. The van der Waals surface area contributed by atoms with Crippen LogP contribution in [0.5, 0.6) is 0 Å². The molecule has 3 heteroatoms. The van der Waals surface area contributed by atoms with Crippen molar-refractivity contribution in [1.29, 1.82) is 0 Å². The molecule has 0 aromatic heterocycles. The minimum absolute atomic E-state index is 0.0413. The molecule has 2 N–H and O–H groups in total. The van der Waals surface area contributed by atoms with Crippen molar-refractivity contribution in [3.05, 3.63) is 0 Å². The highest BCUT2D eigenvalue weighted by Crippen LogP contribution is 2.33. The molecule has 0 radical (unpaired) electrons. The predicted molar refractivity (Wildman–Crippen MR) is 82.4 cm³/mol. The summed E-state index contributed by atoms with van der Waals surface area (Å²) in [7, 11) is 0. The Kier molecular flexibility index (Phi) is 6.78. The highest BCUT2D eigenvalue weighted by molar-refractivity contribution is 4.94. The van der Waals surface area contributed by atoms with E-state index in [9.17, 15) is 0 Å². The van der Waals surface area contributed by atoms with Crippen molar-refractivity contribution < 1.29 is 4.74 Å². The van der Waals surface area contributed by atoms with Crippen LogP contribution in [0.25, 0.3) is 0 Å². The summed E-state index contributed by atoms with van der Waals surface area (Å²) in [4.78, 5) is 2.61. The molecule has 3 nitrogen and oxygen atoms in total. The zero-order valence-corrected chi connectivity index (χ0v) is 13.5. The number of hydrogen-bond acceptors (Lipinski definition) is 3. The van der Waals surface area contributed by atoms with Crippen LogP contribution in [0, 0.1) is 0 Å². The highest BCUT2D eigenvalue weighted by atomic mass is 16.5. The Labute approximate surface area is 119 Å². The van der Waals surface area contributed by atoms with Gasteiger partial charge in [-0.2, -0.15) is 0 Å². The highest BCUT2D eigenvalue weighted by Gasteiger charge is 2.36. The fourth-order valence-electron chi connectivity index (χ4n) is 3.18. The van der Waals surface area contributed by atoms with Gasteiger partial charge >= 0.3 is 0 Å². The van der Waals surface area contributed by atoms with Gasteiger partial charge in [0, 0.05) is 18.6 Å². The molecular weight excluding hydrogens is 236 g/mol. The Hall–Kier alpha value is -0.120. The van der Waals surface area contributed by atoms with Crippen LogP contribution >= 0.6 is 0 Å². The van der Waals surface area contributed by atoms with E-state index in [0.29, 0.717) is 0 Å². The lowest BCUT2D eigenvalue weighted by atomic mass is 9.80. The average molecular weight is 270 g/mol. The van der Waals surface area contributed by atoms with E-state index in [1.165, 1.54) is 38.5 Å². The van der Waals surface area contributed by atoms with Gasteiger partial charge in [-0.05, 0) is 46.6 Å². The third-order valence-electron chi connectivity index (χ3n) is 4.22. The van der Waals surface area contributed by atoms with Crippen molar-refractivity contribution in [3.63, 3.8) is 0 Å². The fraction of sp³-hybridized carbons (Fsp3) is 1.00. The second kappa shape index (κ2) is 7.61. The first-order valence-corrected chi connectivity index (χ1v) is 8.02. The average Bonchev–Trinajstić information content (AvgIpc) is 2.37. The summed E-state index contributed by atoms with van der Waals surface area (Å²) < 4.78 is 5.90. The fourth-order valence-corrected chi connectivity index (χ4v) is 3.18. The predicted octanol–water partition coefficient (Wildman–Crippen LogP) is 3.18. The molecule has 0 aliphatic heterocycles. The molecule has 0 spiro atoms. The lowest BCUT2D eigenvalue weighted by Gasteiger charge is -2.46. The first kappa shape index (κ1) is 16.9. The van der Waals surface area contributed by atoms with Gasteiger partial charge in [0.05, 0.1) is 12.2 Å². The SMILES string of the molecule is CCCN(CCOC(C)(C)C)C1(CN)CCCCC1. The Morgan fingerprint density at radius 1 is 1.11 bits per heavy atom. The van der Waals surface area contributed by atoms with E-state index in [1.807, 2.05) is 0 Å². The van der Waals surface area contributed by atoms with E-state index in [2.05, 4.69) is 32.6 Å². The second-order valence-corrected chi connectivity index (χ2v) is 6.94. The smallest absolute Gasteiger partial charge is 0.0600 e. The molecule has 0 amide bonds. The van der Waals surface area contributed by atoms with Crippen molar-refractivity contribution in [2.24, 2.45) is 5.73 Å². The van der Waals surface area contributed by atoms with Crippen LogP contribution < -0.4 is 5.73 Å². The van der Waals surface area contributed by atoms with Gasteiger partial charge in [-0.3, -0.25) is 4.90 Å². The maximum atomic E-state index is 6.14. The van der Waals surface area contributed by atoms with Crippen LogP contribution in [0.4, 0.5) is 0 Å². The summed E-state index contributed by atoms with van der Waals surface area (Å²) >= 11 is 0. The lowest BCUT2D eigenvalue weighted by Crippen LogP contribution is -2.56. The summed E-state index contributed by atoms with van der Waals surface area (Å²) in [5.74, 6) is 0. The van der Waals surface area contributed by atoms with Crippen LogP contribution in [0.2, 0.25) is 0 Å². The number of rotatable bonds is 7. The van der Waals surface area contributed by atoms with Gasteiger partial charge in [-0.15, -0.1) is 0 Å². The molecular formula is C16H34N2O. The van der Waals surface area contributed by atoms with E-state index in [-0.39, 0.29) is 11.1 Å². The van der Waals surface area contributed by atoms with Crippen LogP contribution in [-0.4, -0.2) is 42.3 Å². The Morgan fingerprint density at radius 3 is 2.21 bits per heavy atom. The van der Waals surface area contributed by atoms with E-state index >= 15 is 0 Å². The van der Waals surface area contributed by atoms with Crippen LogP contribution in [-0.2, 0) is 4.74 Å². The van der Waals surface area contributed by atoms with Crippen LogP contribution in [0.15, 0.2) is 0 Å². The molecule has 0 unspecified atom stereocenters. The molecule has 0 aromatic rings. The van der Waals surface area contributed by atoms with Crippen molar-refractivity contribution in [2.75, 3.05) is 26.2 Å². The molecule has 1 rings (SSSR count). The maximum Gasteiger partial charge on any atom is 0.0600 e. The topological polar surface area (TPSA) is 38.5 Å². The zero-order valence-electron chi connectivity index (χ0n) is 13.5. The summed E-state index contributed by atoms with van der Waals surface area (Å²) in [6, 6.07) is 0. The van der Waals surface area contributed by atoms with E-state index < -0.39 is 0 Å². The summed E-state index contributed by atoms with van der Waals surface area (Å²) in [6.07, 6.45) is 7.75. The molecule has 1 aliphatic rings. The Bertz CT molecular complexity index is 242. The summed E-state index contributed by atoms with van der Waals surface area (Å²) in [5.41, 5.74) is 6.35. The van der Waals surface area contributed by atoms with Gasteiger partial charge in [-0.1, -0.05) is 26.2 Å². The second-order valence-electron chi connectivity index (χ2n) is 6.94. The van der Waals surface area contributed by atoms with E-state index in [1.54, 1.807) is 0 Å². The maximum absolute atomic E-state index is 6.14. The third-order valence-corrected chi connectivity index (χ3v) is 4.22. The zero-order chi connectivity index (χ0) is 14.4. The molecule has 0 bridgehead atoms. The lowest BCUT2D eigenvalue weighted by molar-refractivity contribution is -0.0345. The normalized spacial score (nSPS) is 19.9. The molecule has 0 aromatic carbocycles. The molecule has 1 fully saturated rings. The van der Waals surface area contributed by atoms with Crippen molar-refractivity contribution in [1.82, 2.24) is 4.90 Å². The van der Waals surface area contributed by atoms with Gasteiger partial charge in [0.25, 0.3) is 0 Å². The number of nitrogens with zero attached hydrogens (tertiary/aromatic N) is 1. The van der Waals surface area contributed by atoms with Gasteiger partial charge in [-0.25, -0.2) is 0 Å². The number of hydrogen-bond donors (Lipinski definition) is 1. The molecule has 114 valence electrons.